The van der Waals surface area contributed by atoms with Crippen molar-refractivity contribution in [1.82, 2.24) is 9.78 Å². The number of rotatable bonds is 4. The zero-order chi connectivity index (χ0) is 14.8. The van der Waals surface area contributed by atoms with Crippen LogP contribution in [0.1, 0.15) is 25.6 Å². The lowest BCUT2D eigenvalue weighted by Crippen LogP contribution is -2.25. The second kappa shape index (κ2) is 5.47. The highest BCUT2D eigenvalue weighted by atomic mass is 16.5. The van der Waals surface area contributed by atoms with E-state index < -0.39 is 0 Å². The summed E-state index contributed by atoms with van der Waals surface area (Å²) in [6.45, 7) is 4.51. The molecule has 21 heavy (non-hydrogen) atoms. The first-order valence-electron chi connectivity index (χ1n) is 6.86. The van der Waals surface area contributed by atoms with Crippen molar-refractivity contribution < 1.29 is 14.3 Å². The Morgan fingerprint density at radius 2 is 2.29 bits per heavy atom. The Morgan fingerprint density at radius 1 is 1.43 bits per heavy atom. The molecule has 1 aromatic heterocycles. The maximum Gasteiger partial charge on any atom is 0.262 e. The van der Waals surface area contributed by atoms with Crippen molar-refractivity contribution in [3.8, 4) is 11.5 Å². The molecule has 6 heteroatoms. The van der Waals surface area contributed by atoms with Crippen LogP contribution in [0.4, 0.5) is 5.69 Å². The predicted molar refractivity (Wildman–Crippen MR) is 77.5 cm³/mol. The van der Waals surface area contributed by atoms with E-state index in [0.717, 1.165) is 5.69 Å². The van der Waals surface area contributed by atoms with Crippen LogP contribution in [-0.4, -0.2) is 22.3 Å². The van der Waals surface area contributed by atoms with Gasteiger partial charge in [0.15, 0.2) is 6.61 Å². The van der Waals surface area contributed by atoms with E-state index >= 15 is 0 Å². The molecule has 6 nitrogen and oxygen atoms in total. The number of anilines is 1. The van der Waals surface area contributed by atoms with Crippen molar-refractivity contribution in [1.29, 1.82) is 0 Å². The number of para-hydroxylation sites is 1. The molecular formula is C15H17N3O3. The molecule has 3 rings (SSSR count). The number of ether oxygens (including phenoxy) is 2. The summed E-state index contributed by atoms with van der Waals surface area (Å²) in [5, 5.41) is 7.20. The number of amides is 1. The van der Waals surface area contributed by atoms with Crippen LogP contribution in [-0.2, 0) is 11.4 Å². The predicted octanol–water partition coefficient (Wildman–Crippen LogP) is 2.37. The topological polar surface area (TPSA) is 65.4 Å². The van der Waals surface area contributed by atoms with Gasteiger partial charge in [0, 0.05) is 12.2 Å². The van der Waals surface area contributed by atoms with Crippen LogP contribution in [0.3, 0.4) is 0 Å². The summed E-state index contributed by atoms with van der Waals surface area (Å²) in [4.78, 5) is 11.4. The number of aromatic nitrogens is 2. The Morgan fingerprint density at radius 3 is 3.05 bits per heavy atom. The van der Waals surface area contributed by atoms with Gasteiger partial charge in [-0.25, -0.2) is 0 Å². The third-order valence-electron chi connectivity index (χ3n) is 3.18. The van der Waals surface area contributed by atoms with E-state index in [0.29, 0.717) is 29.8 Å². The Kier molecular flexibility index (Phi) is 3.51. The van der Waals surface area contributed by atoms with E-state index in [1.165, 1.54) is 0 Å². The van der Waals surface area contributed by atoms with Crippen molar-refractivity contribution >= 4 is 11.6 Å². The summed E-state index contributed by atoms with van der Waals surface area (Å²) >= 11 is 0. The molecule has 0 spiro atoms. The fraction of sp³-hybridized carbons (Fsp3) is 0.333. The van der Waals surface area contributed by atoms with Gasteiger partial charge >= 0.3 is 0 Å². The largest absolute Gasteiger partial charge is 0.485 e. The Labute approximate surface area is 122 Å². The van der Waals surface area contributed by atoms with E-state index in [9.17, 15) is 4.79 Å². The molecule has 1 aliphatic heterocycles. The molecule has 0 atom stereocenters. The van der Waals surface area contributed by atoms with Crippen LogP contribution in [0.2, 0.25) is 0 Å². The molecule has 2 heterocycles. The number of carbonyl (C=O) groups excluding carboxylic acids is 1. The molecular weight excluding hydrogens is 270 g/mol. The van der Waals surface area contributed by atoms with Crippen LogP contribution in [0.5, 0.6) is 11.5 Å². The summed E-state index contributed by atoms with van der Waals surface area (Å²) in [6.07, 6.45) is 1.93. The highest BCUT2D eigenvalue weighted by Crippen LogP contribution is 2.36. The Bertz CT molecular complexity index is 664. The minimum atomic E-state index is -0.178. The van der Waals surface area contributed by atoms with E-state index in [1.54, 1.807) is 12.1 Å². The molecule has 1 N–H and O–H groups in total. The quantitative estimate of drug-likeness (QED) is 0.937. The van der Waals surface area contributed by atoms with Crippen molar-refractivity contribution in [2.24, 2.45) is 0 Å². The van der Waals surface area contributed by atoms with Gasteiger partial charge in [0.05, 0.1) is 5.69 Å². The maximum atomic E-state index is 11.4. The number of fused-ring (bicyclic) bond motifs is 1. The number of carbonyl (C=O) groups is 1. The normalized spacial score (nSPS) is 13.6. The third-order valence-corrected chi connectivity index (χ3v) is 3.18. The lowest BCUT2D eigenvalue weighted by Gasteiger charge is -2.20. The fourth-order valence-electron chi connectivity index (χ4n) is 2.09. The fourth-order valence-corrected chi connectivity index (χ4v) is 2.09. The second-order valence-electron chi connectivity index (χ2n) is 5.14. The molecule has 0 radical (unpaired) electrons. The zero-order valence-corrected chi connectivity index (χ0v) is 12.0. The third kappa shape index (κ3) is 2.84. The summed E-state index contributed by atoms with van der Waals surface area (Å²) in [6, 6.07) is 7.67. The lowest BCUT2D eigenvalue weighted by atomic mass is 10.2. The molecule has 0 unspecified atom stereocenters. The molecule has 0 fully saturated rings. The highest BCUT2D eigenvalue weighted by Gasteiger charge is 2.19. The van der Waals surface area contributed by atoms with Crippen LogP contribution < -0.4 is 14.8 Å². The van der Waals surface area contributed by atoms with Gasteiger partial charge in [-0.2, -0.15) is 5.10 Å². The lowest BCUT2D eigenvalue weighted by molar-refractivity contribution is -0.118. The minimum absolute atomic E-state index is 0.0370. The SMILES string of the molecule is CC(C)n1ccc(COc2cccc3c2NC(=O)CO3)n1. The average Bonchev–Trinajstić information content (AvgIpc) is 2.94. The number of hydrogen-bond donors (Lipinski definition) is 1. The molecule has 0 saturated carbocycles. The van der Waals surface area contributed by atoms with Crippen molar-refractivity contribution in [2.75, 3.05) is 11.9 Å². The summed E-state index contributed by atoms with van der Waals surface area (Å²) in [5.74, 6) is 1.03. The van der Waals surface area contributed by atoms with Crippen molar-refractivity contribution in [2.45, 2.75) is 26.5 Å². The van der Waals surface area contributed by atoms with Gasteiger partial charge in [-0.15, -0.1) is 0 Å². The molecule has 1 amide bonds. The van der Waals surface area contributed by atoms with Gasteiger partial charge in [-0.1, -0.05) is 6.07 Å². The smallest absolute Gasteiger partial charge is 0.262 e. The van der Waals surface area contributed by atoms with Gasteiger partial charge < -0.3 is 14.8 Å². The molecule has 0 saturated heterocycles. The molecule has 110 valence electrons. The standard InChI is InChI=1S/C15H17N3O3/c1-10(2)18-7-6-11(17-18)8-20-12-4-3-5-13-15(12)16-14(19)9-21-13/h3-7,10H,8-9H2,1-2H3,(H,16,19). The van der Waals surface area contributed by atoms with Crippen LogP contribution in [0.25, 0.3) is 0 Å². The first-order chi connectivity index (χ1) is 10.1. The summed E-state index contributed by atoms with van der Waals surface area (Å²) < 4.78 is 13.0. The highest BCUT2D eigenvalue weighted by molar-refractivity contribution is 5.97. The Balaban J connectivity index is 1.74. The van der Waals surface area contributed by atoms with Gasteiger partial charge in [0.25, 0.3) is 5.91 Å². The number of benzene rings is 1. The first kappa shape index (κ1) is 13.5. The molecule has 0 bridgehead atoms. The van der Waals surface area contributed by atoms with Crippen LogP contribution >= 0.6 is 0 Å². The number of nitrogens with zero attached hydrogens (tertiary/aromatic N) is 2. The van der Waals surface area contributed by atoms with Crippen molar-refractivity contribution in [3.05, 3.63) is 36.2 Å². The molecule has 1 aromatic carbocycles. The summed E-state index contributed by atoms with van der Waals surface area (Å²) in [5.41, 5.74) is 1.42. The Hall–Kier alpha value is -2.50. The molecule has 0 aliphatic carbocycles. The first-order valence-corrected chi connectivity index (χ1v) is 6.86. The van der Waals surface area contributed by atoms with Crippen molar-refractivity contribution in [3.63, 3.8) is 0 Å². The molecule has 2 aromatic rings. The van der Waals surface area contributed by atoms with Gasteiger partial charge in [0.2, 0.25) is 0 Å². The maximum absolute atomic E-state index is 11.4. The van der Waals surface area contributed by atoms with Gasteiger partial charge in [-0.05, 0) is 32.0 Å². The van der Waals surface area contributed by atoms with Gasteiger partial charge in [-0.3, -0.25) is 9.48 Å². The molecule has 1 aliphatic rings. The monoisotopic (exact) mass is 287 g/mol. The van der Waals surface area contributed by atoms with E-state index in [1.807, 2.05) is 23.0 Å². The minimum Gasteiger partial charge on any atom is -0.485 e. The van der Waals surface area contributed by atoms with E-state index in [2.05, 4.69) is 24.3 Å². The summed E-state index contributed by atoms with van der Waals surface area (Å²) in [7, 11) is 0. The van der Waals surface area contributed by atoms with Crippen LogP contribution in [0.15, 0.2) is 30.5 Å². The second-order valence-corrected chi connectivity index (χ2v) is 5.14. The average molecular weight is 287 g/mol. The van der Waals surface area contributed by atoms with Gasteiger partial charge in [0.1, 0.15) is 23.8 Å². The van der Waals surface area contributed by atoms with E-state index in [-0.39, 0.29) is 12.5 Å². The number of nitrogens with one attached hydrogen (secondary N) is 1. The van der Waals surface area contributed by atoms with Crippen LogP contribution in [0, 0.1) is 0 Å². The number of hydrogen-bond acceptors (Lipinski definition) is 4. The van der Waals surface area contributed by atoms with E-state index in [4.69, 9.17) is 9.47 Å². The zero-order valence-electron chi connectivity index (χ0n) is 12.0.